The molecule has 102 valence electrons. The first-order valence-electron chi connectivity index (χ1n) is 6.26. The number of hydrogen-bond acceptors (Lipinski definition) is 3. The van der Waals surface area contributed by atoms with E-state index in [4.69, 9.17) is 0 Å². The largest absolute Gasteiger partial charge is 0.339 e. The third-order valence-corrected chi connectivity index (χ3v) is 3.34. The number of fused-ring (bicyclic) bond motifs is 3. The lowest BCUT2D eigenvalue weighted by Crippen LogP contribution is -1.93. The zero-order valence-corrected chi connectivity index (χ0v) is 10.6. The van der Waals surface area contributed by atoms with Crippen LogP contribution in [0.5, 0.6) is 0 Å². The maximum Gasteiger partial charge on any atom is 0.222 e. The van der Waals surface area contributed by atoms with Crippen LogP contribution in [-0.4, -0.2) is 19.9 Å². The summed E-state index contributed by atoms with van der Waals surface area (Å²) in [6.07, 6.45) is 4.25. The predicted octanol–water partition coefficient (Wildman–Crippen LogP) is 3.45. The summed E-state index contributed by atoms with van der Waals surface area (Å²) in [5.41, 5.74) is 1.85. The highest BCUT2D eigenvalue weighted by Crippen LogP contribution is 2.27. The molecule has 1 N–H and O–H groups in total. The van der Waals surface area contributed by atoms with Crippen LogP contribution < -0.4 is 0 Å². The van der Waals surface area contributed by atoms with Gasteiger partial charge in [-0.3, -0.25) is 4.98 Å². The second-order valence-corrected chi connectivity index (χ2v) is 4.63. The fourth-order valence-corrected chi connectivity index (χ4v) is 2.37. The summed E-state index contributed by atoms with van der Waals surface area (Å²) in [6, 6.07) is 6.37. The zero-order valence-electron chi connectivity index (χ0n) is 10.6. The summed E-state index contributed by atoms with van der Waals surface area (Å²) in [5.74, 6) is -1.35. The van der Waals surface area contributed by atoms with Gasteiger partial charge in [0.05, 0.1) is 23.0 Å². The molecular weight excluding hydrogens is 274 g/mol. The molecule has 0 atom stereocenters. The van der Waals surface area contributed by atoms with Gasteiger partial charge in [-0.2, -0.15) is 4.39 Å². The van der Waals surface area contributed by atoms with Crippen molar-refractivity contribution in [2.45, 2.75) is 0 Å². The third kappa shape index (κ3) is 1.84. The molecule has 0 fully saturated rings. The lowest BCUT2D eigenvalue weighted by molar-refractivity contribution is 0.563. The summed E-state index contributed by atoms with van der Waals surface area (Å²) in [6.45, 7) is 0. The van der Waals surface area contributed by atoms with Crippen molar-refractivity contribution in [3.05, 3.63) is 54.6 Å². The van der Waals surface area contributed by atoms with Gasteiger partial charge < -0.3 is 4.98 Å². The molecule has 6 heteroatoms. The smallest absolute Gasteiger partial charge is 0.222 e. The average molecular weight is 282 g/mol. The van der Waals surface area contributed by atoms with Crippen LogP contribution in [0.3, 0.4) is 0 Å². The number of pyridine rings is 3. The fourth-order valence-electron chi connectivity index (χ4n) is 2.37. The Balaban J connectivity index is 1.98. The molecule has 4 nitrogen and oxygen atoms in total. The Morgan fingerprint density at radius 3 is 2.81 bits per heavy atom. The number of aromatic nitrogens is 4. The maximum absolute atomic E-state index is 13.7. The molecule has 4 heterocycles. The van der Waals surface area contributed by atoms with Crippen molar-refractivity contribution in [1.29, 1.82) is 0 Å². The van der Waals surface area contributed by atoms with Crippen molar-refractivity contribution in [1.82, 2.24) is 19.9 Å². The molecule has 0 saturated heterocycles. The summed E-state index contributed by atoms with van der Waals surface area (Å²) < 4.78 is 27.0. The lowest BCUT2D eigenvalue weighted by Gasteiger charge is -2.02. The second-order valence-electron chi connectivity index (χ2n) is 4.63. The molecule has 0 bridgehead atoms. The Kier molecular flexibility index (Phi) is 2.44. The molecule has 4 rings (SSSR count). The number of hydrogen-bond donors (Lipinski definition) is 1. The van der Waals surface area contributed by atoms with E-state index in [0.717, 1.165) is 28.6 Å². The van der Waals surface area contributed by atoms with Crippen molar-refractivity contribution in [3.63, 3.8) is 0 Å². The molecule has 0 radical (unpaired) electrons. The van der Waals surface area contributed by atoms with E-state index in [1.54, 1.807) is 18.5 Å². The van der Waals surface area contributed by atoms with Gasteiger partial charge in [0.2, 0.25) is 5.95 Å². The first-order chi connectivity index (χ1) is 10.2. The highest BCUT2D eigenvalue weighted by molar-refractivity contribution is 6.05. The van der Waals surface area contributed by atoms with Crippen LogP contribution in [0.15, 0.2) is 42.9 Å². The number of halogens is 2. The molecular formula is C15H8F2N4. The Bertz CT molecular complexity index is 978. The molecule has 21 heavy (non-hydrogen) atoms. The first kappa shape index (κ1) is 11.9. The van der Waals surface area contributed by atoms with Crippen molar-refractivity contribution in [3.8, 4) is 11.3 Å². The lowest BCUT2D eigenvalue weighted by atomic mass is 10.1. The van der Waals surface area contributed by atoms with Crippen molar-refractivity contribution < 1.29 is 8.78 Å². The van der Waals surface area contributed by atoms with Gasteiger partial charge in [0.15, 0.2) is 0 Å². The fraction of sp³-hybridized carbons (Fsp3) is 0. The summed E-state index contributed by atoms with van der Waals surface area (Å²) in [5, 5.41) is 1.82. The van der Waals surface area contributed by atoms with E-state index in [1.165, 1.54) is 0 Å². The molecule has 0 unspecified atom stereocenters. The molecule has 0 spiro atoms. The van der Waals surface area contributed by atoms with Gasteiger partial charge in [0.1, 0.15) is 11.5 Å². The van der Waals surface area contributed by atoms with Crippen LogP contribution in [0.25, 0.3) is 33.2 Å². The third-order valence-electron chi connectivity index (χ3n) is 3.34. The monoisotopic (exact) mass is 282 g/mol. The SMILES string of the molecule is Fc1cnc(F)c(-c2ccc3c(n2)[nH]c2ccncc23)c1. The van der Waals surface area contributed by atoms with Crippen molar-refractivity contribution >= 4 is 21.9 Å². The predicted molar refractivity (Wildman–Crippen MR) is 74.5 cm³/mol. The topological polar surface area (TPSA) is 54.5 Å². The molecule has 0 amide bonds. The van der Waals surface area contributed by atoms with E-state index < -0.39 is 11.8 Å². The summed E-state index contributed by atoms with van der Waals surface area (Å²) in [7, 11) is 0. The Morgan fingerprint density at radius 2 is 1.90 bits per heavy atom. The maximum atomic E-state index is 13.7. The van der Waals surface area contributed by atoms with Gasteiger partial charge in [-0.05, 0) is 24.3 Å². The molecule has 0 aliphatic heterocycles. The Morgan fingerprint density at radius 1 is 1.00 bits per heavy atom. The molecule has 0 aliphatic rings. The van der Waals surface area contributed by atoms with E-state index in [9.17, 15) is 8.78 Å². The molecule has 4 aromatic rings. The summed E-state index contributed by atoms with van der Waals surface area (Å²) in [4.78, 5) is 14.9. The van der Waals surface area contributed by atoms with E-state index in [0.29, 0.717) is 11.3 Å². The van der Waals surface area contributed by atoms with Crippen LogP contribution in [-0.2, 0) is 0 Å². The standard InChI is InChI=1S/C15H8F2N4/c16-8-5-10(14(17)19-6-8)12-2-1-9-11-7-18-4-3-13(11)21-15(9)20-12/h1-7H,(H,20,21). The van der Waals surface area contributed by atoms with Crippen molar-refractivity contribution in [2.75, 3.05) is 0 Å². The van der Waals surface area contributed by atoms with E-state index >= 15 is 0 Å². The molecule has 0 aromatic carbocycles. The quantitative estimate of drug-likeness (QED) is 0.544. The zero-order chi connectivity index (χ0) is 14.4. The number of aromatic amines is 1. The van der Waals surface area contributed by atoms with Gasteiger partial charge >= 0.3 is 0 Å². The first-order valence-corrected chi connectivity index (χ1v) is 6.26. The number of rotatable bonds is 1. The van der Waals surface area contributed by atoms with Crippen LogP contribution in [0, 0.1) is 11.8 Å². The second kappa shape index (κ2) is 4.31. The highest BCUT2D eigenvalue weighted by atomic mass is 19.1. The Labute approximate surface area is 117 Å². The minimum Gasteiger partial charge on any atom is -0.339 e. The molecule has 4 aromatic heterocycles. The van der Waals surface area contributed by atoms with Crippen LogP contribution >= 0.6 is 0 Å². The minimum atomic E-state index is -0.749. The Hall–Kier alpha value is -2.89. The average Bonchev–Trinajstić information content (AvgIpc) is 2.87. The van der Waals surface area contributed by atoms with Gasteiger partial charge in [-0.1, -0.05) is 0 Å². The van der Waals surface area contributed by atoms with Crippen LogP contribution in [0.2, 0.25) is 0 Å². The van der Waals surface area contributed by atoms with Crippen molar-refractivity contribution in [2.24, 2.45) is 0 Å². The highest BCUT2D eigenvalue weighted by Gasteiger charge is 2.12. The normalized spacial score (nSPS) is 11.3. The summed E-state index contributed by atoms with van der Waals surface area (Å²) >= 11 is 0. The van der Waals surface area contributed by atoms with E-state index in [2.05, 4.69) is 19.9 Å². The van der Waals surface area contributed by atoms with Crippen LogP contribution in [0.4, 0.5) is 8.78 Å². The number of H-pyrrole nitrogens is 1. The van der Waals surface area contributed by atoms with Gasteiger partial charge in [-0.25, -0.2) is 14.4 Å². The van der Waals surface area contributed by atoms with Gasteiger partial charge in [0, 0.05) is 23.2 Å². The van der Waals surface area contributed by atoms with E-state index in [1.807, 2.05) is 12.1 Å². The number of nitrogens with zero attached hydrogens (tertiary/aromatic N) is 3. The minimum absolute atomic E-state index is 0.0358. The van der Waals surface area contributed by atoms with Crippen LogP contribution in [0.1, 0.15) is 0 Å². The van der Waals surface area contributed by atoms with Gasteiger partial charge in [0.25, 0.3) is 0 Å². The van der Waals surface area contributed by atoms with E-state index in [-0.39, 0.29) is 5.56 Å². The van der Waals surface area contributed by atoms with Gasteiger partial charge in [-0.15, -0.1) is 0 Å². The molecule has 0 aliphatic carbocycles. The molecule has 0 saturated carbocycles. The number of nitrogens with one attached hydrogen (secondary N) is 1.